The number of nitrogens with zero attached hydrogens (tertiary/aromatic N) is 2. The smallest absolute Gasteiger partial charge is 0.229 e. The van der Waals surface area contributed by atoms with Crippen molar-refractivity contribution in [3.05, 3.63) is 53.1 Å². The van der Waals surface area contributed by atoms with Crippen LogP contribution >= 0.6 is 11.6 Å². The predicted octanol–water partition coefficient (Wildman–Crippen LogP) is 3.92. The summed E-state index contributed by atoms with van der Waals surface area (Å²) in [5.41, 5.74) is 1.97. The Morgan fingerprint density at radius 2 is 2.15 bits per heavy atom. The SMILES string of the molecule is Cc1nc2cc(N3CC(C(=O)Nc4ccc(Cl)cc4F)CC3=O)ccc2o1. The molecular formula is C19H15ClFN3O3. The summed E-state index contributed by atoms with van der Waals surface area (Å²) < 4.78 is 19.3. The summed E-state index contributed by atoms with van der Waals surface area (Å²) in [4.78, 5) is 30.7. The van der Waals surface area contributed by atoms with E-state index in [2.05, 4.69) is 10.3 Å². The highest BCUT2D eigenvalue weighted by Gasteiger charge is 2.35. The van der Waals surface area contributed by atoms with Gasteiger partial charge < -0.3 is 14.6 Å². The lowest BCUT2D eigenvalue weighted by Crippen LogP contribution is -2.28. The summed E-state index contributed by atoms with van der Waals surface area (Å²) in [5.74, 6) is -1.25. The predicted molar refractivity (Wildman–Crippen MR) is 99.2 cm³/mol. The number of carbonyl (C=O) groups is 2. The fraction of sp³-hybridized carbons (Fsp3) is 0.211. The number of anilines is 2. The molecule has 1 unspecified atom stereocenters. The highest BCUT2D eigenvalue weighted by atomic mass is 35.5. The number of oxazole rings is 1. The minimum absolute atomic E-state index is 0.0368. The first-order valence-electron chi connectivity index (χ1n) is 8.34. The molecule has 0 bridgehead atoms. The Kier molecular flexibility index (Phi) is 4.31. The molecule has 1 atom stereocenters. The van der Waals surface area contributed by atoms with Crippen LogP contribution in [0.3, 0.4) is 0 Å². The summed E-state index contributed by atoms with van der Waals surface area (Å²) >= 11 is 5.71. The summed E-state index contributed by atoms with van der Waals surface area (Å²) in [6, 6.07) is 9.26. The van der Waals surface area contributed by atoms with Gasteiger partial charge in [-0.1, -0.05) is 11.6 Å². The molecule has 0 spiro atoms. The Hall–Kier alpha value is -2.93. The van der Waals surface area contributed by atoms with E-state index in [0.717, 1.165) is 6.07 Å². The van der Waals surface area contributed by atoms with E-state index in [9.17, 15) is 14.0 Å². The van der Waals surface area contributed by atoms with E-state index < -0.39 is 17.6 Å². The molecule has 1 aliphatic heterocycles. The molecule has 1 aromatic heterocycles. The third kappa shape index (κ3) is 3.38. The molecule has 8 heteroatoms. The summed E-state index contributed by atoms with van der Waals surface area (Å²) in [6.45, 7) is 1.96. The van der Waals surface area contributed by atoms with Crippen LogP contribution in [0.2, 0.25) is 5.02 Å². The van der Waals surface area contributed by atoms with Gasteiger partial charge >= 0.3 is 0 Å². The third-order valence-corrected chi connectivity index (χ3v) is 4.71. The average molecular weight is 388 g/mol. The maximum atomic E-state index is 13.9. The molecule has 0 aliphatic carbocycles. The van der Waals surface area contributed by atoms with Gasteiger partial charge in [0, 0.05) is 30.6 Å². The molecule has 138 valence electrons. The second-order valence-corrected chi connectivity index (χ2v) is 6.84. The maximum Gasteiger partial charge on any atom is 0.229 e. The fourth-order valence-electron chi connectivity index (χ4n) is 3.16. The van der Waals surface area contributed by atoms with Gasteiger partial charge in [0.25, 0.3) is 0 Å². The van der Waals surface area contributed by atoms with Gasteiger partial charge in [-0.2, -0.15) is 0 Å². The van der Waals surface area contributed by atoms with E-state index in [4.69, 9.17) is 16.0 Å². The minimum Gasteiger partial charge on any atom is -0.441 e. The number of fused-ring (bicyclic) bond motifs is 1. The van der Waals surface area contributed by atoms with Crippen molar-refractivity contribution in [1.29, 1.82) is 0 Å². The van der Waals surface area contributed by atoms with Gasteiger partial charge in [0.15, 0.2) is 11.5 Å². The van der Waals surface area contributed by atoms with Crippen molar-refractivity contribution in [3.8, 4) is 0 Å². The third-order valence-electron chi connectivity index (χ3n) is 4.47. The molecule has 0 saturated carbocycles. The standard InChI is InChI=1S/C19H15ClFN3O3/c1-10-22-16-8-13(3-5-17(16)27-10)24-9-11(6-18(24)25)19(26)23-15-4-2-12(20)7-14(15)21/h2-5,7-8,11H,6,9H2,1H3,(H,23,26). The van der Waals surface area contributed by atoms with Gasteiger partial charge in [0.05, 0.1) is 11.6 Å². The Morgan fingerprint density at radius 1 is 1.33 bits per heavy atom. The molecule has 2 heterocycles. The Balaban J connectivity index is 1.51. The van der Waals surface area contributed by atoms with Gasteiger partial charge in [-0.25, -0.2) is 9.37 Å². The van der Waals surface area contributed by atoms with Crippen LogP contribution in [-0.4, -0.2) is 23.3 Å². The van der Waals surface area contributed by atoms with Crippen LogP contribution in [0, 0.1) is 18.7 Å². The van der Waals surface area contributed by atoms with Crippen LogP contribution in [0.5, 0.6) is 0 Å². The normalized spacial score (nSPS) is 16.9. The van der Waals surface area contributed by atoms with Gasteiger partial charge in [-0.15, -0.1) is 0 Å². The minimum atomic E-state index is -0.621. The molecular weight excluding hydrogens is 373 g/mol. The van der Waals surface area contributed by atoms with E-state index in [1.165, 1.54) is 17.0 Å². The quantitative estimate of drug-likeness (QED) is 0.739. The maximum absolute atomic E-state index is 13.9. The molecule has 4 rings (SSSR count). The molecule has 1 saturated heterocycles. The number of hydrogen-bond donors (Lipinski definition) is 1. The van der Waals surface area contributed by atoms with Crippen molar-refractivity contribution < 1.29 is 18.4 Å². The van der Waals surface area contributed by atoms with Crippen LogP contribution in [0.1, 0.15) is 12.3 Å². The largest absolute Gasteiger partial charge is 0.441 e. The van der Waals surface area contributed by atoms with Crippen molar-refractivity contribution in [2.45, 2.75) is 13.3 Å². The number of hydrogen-bond acceptors (Lipinski definition) is 4. The van der Waals surface area contributed by atoms with Crippen molar-refractivity contribution in [3.63, 3.8) is 0 Å². The van der Waals surface area contributed by atoms with Crippen molar-refractivity contribution in [2.75, 3.05) is 16.8 Å². The van der Waals surface area contributed by atoms with Crippen LogP contribution in [0.25, 0.3) is 11.1 Å². The number of aryl methyl sites for hydroxylation is 1. The fourth-order valence-corrected chi connectivity index (χ4v) is 3.32. The highest BCUT2D eigenvalue weighted by molar-refractivity contribution is 6.30. The molecule has 2 amide bonds. The van der Waals surface area contributed by atoms with Gasteiger partial charge in [-0.3, -0.25) is 9.59 Å². The molecule has 3 aromatic rings. The molecule has 0 radical (unpaired) electrons. The molecule has 2 aromatic carbocycles. The molecule has 1 N–H and O–H groups in total. The lowest BCUT2D eigenvalue weighted by Gasteiger charge is -2.16. The Bertz CT molecular complexity index is 1070. The van der Waals surface area contributed by atoms with E-state index in [1.54, 1.807) is 25.1 Å². The first-order valence-corrected chi connectivity index (χ1v) is 8.72. The zero-order valence-electron chi connectivity index (χ0n) is 14.3. The molecule has 1 aliphatic rings. The van der Waals surface area contributed by atoms with Gasteiger partial charge in [0.2, 0.25) is 11.8 Å². The van der Waals surface area contributed by atoms with Crippen LogP contribution in [0.4, 0.5) is 15.8 Å². The van der Waals surface area contributed by atoms with E-state index in [1.807, 2.05) is 0 Å². The number of benzene rings is 2. The van der Waals surface area contributed by atoms with Gasteiger partial charge in [-0.05, 0) is 36.4 Å². The number of aromatic nitrogens is 1. The van der Waals surface area contributed by atoms with Crippen molar-refractivity contribution in [2.24, 2.45) is 5.92 Å². The van der Waals surface area contributed by atoms with E-state index >= 15 is 0 Å². The van der Waals surface area contributed by atoms with Crippen molar-refractivity contribution in [1.82, 2.24) is 4.98 Å². The average Bonchev–Trinajstić information content (AvgIpc) is 3.18. The zero-order valence-corrected chi connectivity index (χ0v) is 15.1. The first-order chi connectivity index (χ1) is 12.9. The Labute approximate surface area is 158 Å². The van der Waals surface area contributed by atoms with Crippen LogP contribution in [-0.2, 0) is 9.59 Å². The number of rotatable bonds is 3. The first kappa shape index (κ1) is 17.5. The van der Waals surface area contributed by atoms with Crippen LogP contribution in [0.15, 0.2) is 40.8 Å². The molecule has 27 heavy (non-hydrogen) atoms. The second-order valence-electron chi connectivity index (χ2n) is 6.40. The number of amides is 2. The molecule has 6 nitrogen and oxygen atoms in total. The summed E-state index contributed by atoms with van der Waals surface area (Å²) in [6.07, 6.45) is 0.0525. The summed E-state index contributed by atoms with van der Waals surface area (Å²) in [5, 5.41) is 2.77. The number of carbonyl (C=O) groups excluding carboxylic acids is 2. The summed E-state index contributed by atoms with van der Waals surface area (Å²) in [7, 11) is 0. The molecule has 1 fully saturated rings. The van der Waals surface area contributed by atoms with Crippen molar-refractivity contribution >= 4 is 45.9 Å². The highest BCUT2D eigenvalue weighted by Crippen LogP contribution is 2.29. The van der Waals surface area contributed by atoms with Crippen LogP contribution < -0.4 is 10.2 Å². The second kappa shape index (κ2) is 6.66. The monoisotopic (exact) mass is 387 g/mol. The zero-order chi connectivity index (χ0) is 19.1. The Morgan fingerprint density at radius 3 is 2.93 bits per heavy atom. The lowest BCUT2D eigenvalue weighted by atomic mass is 10.1. The number of halogens is 2. The van der Waals surface area contributed by atoms with E-state index in [-0.39, 0.29) is 29.6 Å². The topological polar surface area (TPSA) is 75.4 Å². The number of nitrogens with one attached hydrogen (secondary N) is 1. The lowest BCUT2D eigenvalue weighted by molar-refractivity contribution is -0.122. The van der Waals surface area contributed by atoms with Gasteiger partial charge in [0.1, 0.15) is 11.3 Å². The van der Waals surface area contributed by atoms with E-state index in [0.29, 0.717) is 22.7 Å².